The molecule has 1 aromatic carbocycles. The summed E-state index contributed by atoms with van der Waals surface area (Å²) in [5.41, 5.74) is 3.17. The predicted molar refractivity (Wildman–Crippen MR) is 127 cm³/mol. The quantitative estimate of drug-likeness (QED) is 0.249. The van der Waals surface area contributed by atoms with Crippen LogP contribution in [0.2, 0.25) is 0 Å². The Morgan fingerprint density at radius 3 is 2.79 bits per heavy atom. The fourth-order valence-electron chi connectivity index (χ4n) is 2.92. The van der Waals surface area contributed by atoms with E-state index in [0.717, 1.165) is 59.1 Å². The van der Waals surface area contributed by atoms with E-state index in [0.29, 0.717) is 6.54 Å². The molecule has 0 unspecified atom stereocenters. The highest BCUT2D eigenvalue weighted by Gasteiger charge is 2.06. The van der Waals surface area contributed by atoms with Crippen LogP contribution in [0.1, 0.15) is 28.1 Å². The van der Waals surface area contributed by atoms with Crippen LogP contribution < -0.4 is 10.6 Å². The maximum Gasteiger partial charge on any atom is 0.191 e. The summed E-state index contributed by atoms with van der Waals surface area (Å²) >= 11 is 1.74. The van der Waals surface area contributed by atoms with E-state index in [4.69, 9.17) is 0 Å². The van der Waals surface area contributed by atoms with Crippen LogP contribution in [0, 0.1) is 19.7 Å². The Labute approximate surface area is 186 Å². The lowest BCUT2D eigenvalue weighted by Crippen LogP contribution is -2.38. The van der Waals surface area contributed by atoms with Crippen LogP contribution in [-0.2, 0) is 12.8 Å². The van der Waals surface area contributed by atoms with E-state index in [1.807, 2.05) is 20.0 Å². The van der Waals surface area contributed by atoms with E-state index in [1.165, 1.54) is 10.9 Å². The van der Waals surface area contributed by atoms with E-state index in [1.54, 1.807) is 23.5 Å². The number of guanidine groups is 1. The zero-order valence-corrected chi connectivity index (χ0v) is 19.6. The fourth-order valence-corrected chi connectivity index (χ4v) is 3.85. The van der Waals surface area contributed by atoms with Crippen molar-refractivity contribution in [2.45, 2.75) is 33.6 Å². The Hall–Kier alpha value is -1.68. The lowest BCUT2D eigenvalue weighted by molar-refractivity contribution is 0.629. The van der Waals surface area contributed by atoms with Gasteiger partial charge in [-0.1, -0.05) is 0 Å². The van der Waals surface area contributed by atoms with Crippen LogP contribution in [-0.4, -0.2) is 35.6 Å². The molecule has 152 valence electrons. The Bertz CT molecular complexity index is 914. The third kappa shape index (κ3) is 5.91. The van der Waals surface area contributed by atoms with Gasteiger partial charge in [0, 0.05) is 48.0 Å². The number of hydrogen-bond acceptors (Lipinski definition) is 3. The Morgan fingerprint density at radius 1 is 1.25 bits per heavy atom. The van der Waals surface area contributed by atoms with Gasteiger partial charge >= 0.3 is 0 Å². The van der Waals surface area contributed by atoms with Crippen LogP contribution in [0.25, 0.3) is 10.9 Å². The SMILES string of the molecule is CCNC(=NCCc1nc(C)c(C)s1)NCCc1c[nH]c2ccc(F)cc12.I. The highest BCUT2D eigenvalue weighted by atomic mass is 127. The molecule has 0 fully saturated rings. The molecule has 0 spiro atoms. The number of nitrogens with zero attached hydrogens (tertiary/aromatic N) is 2. The molecule has 0 amide bonds. The van der Waals surface area contributed by atoms with Gasteiger partial charge in [-0.2, -0.15) is 0 Å². The summed E-state index contributed by atoms with van der Waals surface area (Å²) in [5, 5.41) is 8.69. The van der Waals surface area contributed by atoms with E-state index < -0.39 is 0 Å². The summed E-state index contributed by atoms with van der Waals surface area (Å²) < 4.78 is 13.5. The summed E-state index contributed by atoms with van der Waals surface area (Å²) in [6.45, 7) is 8.42. The zero-order chi connectivity index (χ0) is 19.2. The molecule has 0 radical (unpaired) electrons. The summed E-state index contributed by atoms with van der Waals surface area (Å²) in [5.74, 6) is 0.590. The van der Waals surface area contributed by atoms with Crippen LogP contribution in [0.4, 0.5) is 4.39 Å². The second-order valence-corrected chi connectivity index (χ2v) is 7.73. The molecule has 0 aliphatic rings. The van der Waals surface area contributed by atoms with Crippen molar-refractivity contribution in [3.63, 3.8) is 0 Å². The number of hydrogen-bond donors (Lipinski definition) is 3. The second kappa shape index (κ2) is 10.8. The van der Waals surface area contributed by atoms with Crippen molar-refractivity contribution in [3.05, 3.63) is 51.4 Å². The molecule has 3 N–H and O–H groups in total. The summed E-state index contributed by atoms with van der Waals surface area (Å²) in [6.07, 6.45) is 3.58. The number of thiazole rings is 1. The molecular weight excluding hydrogens is 488 g/mol. The van der Waals surface area contributed by atoms with Crippen molar-refractivity contribution in [2.75, 3.05) is 19.6 Å². The van der Waals surface area contributed by atoms with Gasteiger partial charge < -0.3 is 15.6 Å². The fraction of sp³-hybridized carbons (Fsp3) is 0.400. The summed E-state index contributed by atoms with van der Waals surface area (Å²) in [7, 11) is 0. The van der Waals surface area contributed by atoms with Crippen molar-refractivity contribution >= 4 is 52.2 Å². The molecule has 28 heavy (non-hydrogen) atoms. The zero-order valence-electron chi connectivity index (χ0n) is 16.4. The maximum absolute atomic E-state index is 13.5. The van der Waals surface area contributed by atoms with Crippen molar-refractivity contribution < 1.29 is 4.39 Å². The molecule has 0 saturated heterocycles. The van der Waals surface area contributed by atoms with Crippen LogP contribution in [0.15, 0.2) is 29.4 Å². The summed E-state index contributed by atoms with van der Waals surface area (Å²) in [6, 6.07) is 4.83. The highest BCUT2D eigenvalue weighted by molar-refractivity contribution is 14.0. The number of aromatic nitrogens is 2. The lowest BCUT2D eigenvalue weighted by atomic mass is 10.1. The molecule has 0 bridgehead atoms. The van der Waals surface area contributed by atoms with Gasteiger partial charge in [0.1, 0.15) is 5.82 Å². The van der Waals surface area contributed by atoms with Crippen molar-refractivity contribution in [3.8, 4) is 0 Å². The first-order valence-electron chi connectivity index (χ1n) is 9.27. The Kier molecular flexibility index (Phi) is 8.68. The number of nitrogens with one attached hydrogen (secondary N) is 3. The van der Waals surface area contributed by atoms with Gasteiger partial charge in [-0.05, 0) is 51.0 Å². The minimum atomic E-state index is -0.209. The standard InChI is InChI=1S/C20H26FN5S.HI/c1-4-22-20(24-10-8-19-26-13(2)14(3)27-19)23-9-7-15-12-25-18-6-5-16(21)11-17(15)18;/h5-6,11-12,25H,4,7-10H2,1-3H3,(H2,22,23,24);1H. The number of fused-ring (bicyclic) bond motifs is 1. The first-order chi connectivity index (χ1) is 13.1. The molecule has 0 saturated carbocycles. The number of benzene rings is 1. The normalized spacial score (nSPS) is 11.5. The minimum absolute atomic E-state index is 0. The van der Waals surface area contributed by atoms with Crippen molar-refractivity contribution in [2.24, 2.45) is 4.99 Å². The van der Waals surface area contributed by atoms with E-state index in [2.05, 4.69) is 32.5 Å². The Morgan fingerprint density at radius 2 is 2.07 bits per heavy atom. The number of aryl methyl sites for hydroxylation is 2. The molecule has 0 atom stereocenters. The maximum atomic E-state index is 13.5. The number of halogens is 2. The third-order valence-corrected chi connectivity index (χ3v) is 5.56. The summed E-state index contributed by atoms with van der Waals surface area (Å²) in [4.78, 5) is 13.7. The van der Waals surface area contributed by atoms with Gasteiger partial charge in [0.2, 0.25) is 0 Å². The molecule has 3 rings (SSSR count). The number of rotatable bonds is 7. The first kappa shape index (κ1) is 22.6. The molecule has 2 heterocycles. The highest BCUT2D eigenvalue weighted by Crippen LogP contribution is 2.19. The number of aliphatic imine (C=N–C) groups is 1. The molecule has 0 aliphatic carbocycles. The third-order valence-electron chi connectivity index (χ3n) is 4.43. The average molecular weight is 515 g/mol. The predicted octanol–water partition coefficient (Wildman–Crippen LogP) is 4.34. The topological polar surface area (TPSA) is 65.1 Å². The van der Waals surface area contributed by atoms with Gasteiger partial charge in [-0.25, -0.2) is 9.37 Å². The molecule has 2 aromatic heterocycles. The molecule has 8 heteroatoms. The van der Waals surface area contributed by atoms with Crippen LogP contribution >= 0.6 is 35.3 Å². The van der Waals surface area contributed by atoms with Gasteiger partial charge in [0.25, 0.3) is 0 Å². The van der Waals surface area contributed by atoms with Gasteiger partial charge in [0.05, 0.1) is 10.7 Å². The van der Waals surface area contributed by atoms with Crippen LogP contribution in [0.5, 0.6) is 0 Å². The number of aromatic amines is 1. The van der Waals surface area contributed by atoms with Gasteiger partial charge in [-0.3, -0.25) is 4.99 Å². The minimum Gasteiger partial charge on any atom is -0.361 e. The molecule has 3 aromatic rings. The number of H-pyrrole nitrogens is 1. The molecule has 5 nitrogen and oxygen atoms in total. The lowest BCUT2D eigenvalue weighted by Gasteiger charge is -2.11. The van der Waals surface area contributed by atoms with Gasteiger partial charge in [0.15, 0.2) is 5.96 Å². The van der Waals surface area contributed by atoms with E-state index >= 15 is 0 Å². The van der Waals surface area contributed by atoms with Crippen molar-refractivity contribution in [1.29, 1.82) is 0 Å². The average Bonchev–Trinajstić information content (AvgIpc) is 3.18. The van der Waals surface area contributed by atoms with E-state index in [-0.39, 0.29) is 29.8 Å². The second-order valence-electron chi connectivity index (χ2n) is 6.44. The van der Waals surface area contributed by atoms with Crippen LogP contribution in [0.3, 0.4) is 0 Å². The molecule has 0 aliphatic heterocycles. The monoisotopic (exact) mass is 515 g/mol. The Balaban J connectivity index is 0.00000280. The molecular formula is C20H27FIN5S. The van der Waals surface area contributed by atoms with Crippen molar-refractivity contribution in [1.82, 2.24) is 20.6 Å². The smallest absolute Gasteiger partial charge is 0.191 e. The first-order valence-corrected chi connectivity index (χ1v) is 10.1. The van der Waals surface area contributed by atoms with E-state index in [9.17, 15) is 4.39 Å². The largest absolute Gasteiger partial charge is 0.361 e. The van der Waals surface area contributed by atoms with Gasteiger partial charge in [-0.15, -0.1) is 35.3 Å².